The molecule has 90 valence electrons. The van der Waals surface area contributed by atoms with Crippen LogP contribution >= 0.6 is 11.3 Å². The van der Waals surface area contributed by atoms with Gasteiger partial charge in [-0.1, -0.05) is 20.8 Å². The Morgan fingerprint density at radius 3 is 2.62 bits per heavy atom. The highest BCUT2D eigenvalue weighted by molar-refractivity contribution is 7.13. The van der Waals surface area contributed by atoms with Gasteiger partial charge in [-0.25, -0.2) is 4.79 Å². The summed E-state index contributed by atoms with van der Waals surface area (Å²) in [5.41, 5.74) is 0.342. The minimum atomic E-state index is -0.842. The average molecular weight is 241 g/mol. The summed E-state index contributed by atoms with van der Waals surface area (Å²) in [7, 11) is 0. The number of thiophene rings is 1. The molecule has 4 heteroatoms. The van der Waals surface area contributed by atoms with Crippen LogP contribution in [-0.2, 0) is 6.54 Å². The van der Waals surface area contributed by atoms with Gasteiger partial charge in [-0.3, -0.25) is 0 Å². The van der Waals surface area contributed by atoms with Gasteiger partial charge in [0.1, 0.15) is 4.88 Å². The first-order valence-electron chi connectivity index (χ1n) is 5.41. The fourth-order valence-electron chi connectivity index (χ4n) is 1.26. The molecule has 0 atom stereocenters. The van der Waals surface area contributed by atoms with E-state index < -0.39 is 5.97 Å². The third kappa shape index (κ3) is 4.77. The van der Waals surface area contributed by atoms with Crippen molar-refractivity contribution in [3.63, 3.8) is 0 Å². The molecule has 0 spiro atoms. The number of aromatic carboxylic acids is 1. The number of carbonyl (C=O) groups is 1. The van der Waals surface area contributed by atoms with Gasteiger partial charge in [-0.15, -0.1) is 11.3 Å². The lowest BCUT2D eigenvalue weighted by atomic mass is 9.92. The summed E-state index contributed by atoms with van der Waals surface area (Å²) < 4.78 is 0. The van der Waals surface area contributed by atoms with E-state index >= 15 is 0 Å². The standard InChI is InChI=1S/C12H19NO2S/c1-12(2,3)6-7-13-8-9-4-5-10(16-9)11(14)15/h4-5,13H,6-8H2,1-3H3,(H,14,15). The van der Waals surface area contributed by atoms with E-state index in [4.69, 9.17) is 5.11 Å². The summed E-state index contributed by atoms with van der Waals surface area (Å²) in [4.78, 5) is 12.2. The molecular weight excluding hydrogens is 222 g/mol. The highest BCUT2D eigenvalue weighted by Crippen LogP contribution is 2.18. The molecule has 1 rings (SSSR count). The summed E-state index contributed by atoms with van der Waals surface area (Å²) in [5, 5.41) is 12.1. The molecule has 1 heterocycles. The smallest absolute Gasteiger partial charge is 0.345 e. The molecule has 0 unspecified atom stereocenters. The van der Waals surface area contributed by atoms with Crippen LogP contribution in [0.2, 0.25) is 0 Å². The Morgan fingerprint density at radius 2 is 2.12 bits per heavy atom. The normalized spacial score (nSPS) is 11.7. The average Bonchev–Trinajstić information content (AvgIpc) is 2.59. The van der Waals surface area contributed by atoms with Crippen molar-refractivity contribution in [3.8, 4) is 0 Å². The topological polar surface area (TPSA) is 49.3 Å². The van der Waals surface area contributed by atoms with Crippen molar-refractivity contribution in [1.82, 2.24) is 5.32 Å². The summed E-state index contributed by atoms with van der Waals surface area (Å²) >= 11 is 1.34. The molecule has 16 heavy (non-hydrogen) atoms. The molecule has 0 saturated carbocycles. The molecule has 0 aliphatic heterocycles. The van der Waals surface area contributed by atoms with Crippen molar-refractivity contribution in [2.45, 2.75) is 33.7 Å². The van der Waals surface area contributed by atoms with Gasteiger partial charge < -0.3 is 10.4 Å². The van der Waals surface area contributed by atoms with E-state index in [-0.39, 0.29) is 0 Å². The zero-order chi connectivity index (χ0) is 12.2. The Balaban J connectivity index is 2.30. The van der Waals surface area contributed by atoms with Gasteiger partial charge >= 0.3 is 5.97 Å². The molecular formula is C12H19NO2S. The van der Waals surface area contributed by atoms with Crippen LogP contribution in [-0.4, -0.2) is 17.6 Å². The van der Waals surface area contributed by atoms with Crippen LogP contribution in [0, 0.1) is 5.41 Å². The van der Waals surface area contributed by atoms with Gasteiger partial charge in [0.15, 0.2) is 0 Å². The zero-order valence-electron chi connectivity index (χ0n) is 10.0. The molecule has 1 aromatic heterocycles. The van der Waals surface area contributed by atoms with Crippen molar-refractivity contribution >= 4 is 17.3 Å². The molecule has 0 bridgehead atoms. The Labute approximate surface area is 100 Å². The number of hydrogen-bond acceptors (Lipinski definition) is 3. The van der Waals surface area contributed by atoms with Crippen LogP contribution in [0.1, 0.15) is 41.7 Å². The Morgan fingerprint density at radius 1 is 1.44 bits per heavy atom. The first kappa shape index (κ1) is 13.2. The lowest BCUT2D eigenvalue weighted by Gasteiger charge is -2.17. The van der Waals surface area contributed by atoms with E-state index in [1.807, 2.05) is 6.07 Å². The molecule has 0 aliphatic carbocycles. The first-order chi connectivity index (χ1) is 7.38. The molecule has 0 fully saturated rings. The summed E-state index contributed by atoms with van der Waals surface area (Å²) in [5.74, 6) is -0.842. The summed E-state index contributed by atoms with van der Waals surface area (Å²) in [6.45, 7) is 8.35. The first-order valence-corrected chi connectivity index (χ1v) is 6.23. The highest BCUT2D eigenvalue weighted by Gasteiger charge is 2.09. The predicted octanol–water partition coefficient (Wildman–Crippen LogP) is 2.97. The van der Waals surface area contributed by atoms with Crippen LogP contribution < -0.4 is 5.32 Å². The maximum atomic E-state index is 10.7. The van der Waals surface area contributed by atoms with Gasteiger partial charge in [0.2, 0.25) is 0 Å². The molecule has 0 aromatic carbocycles. The van der Waals surface area contributed by atoms with E-state index in [1.54, 1.807) is 6.07 Å². The van der Waals surface area contributed by atoms with Crippen molar-refractivity contribution in [3.05, 3.63) is 21.9 Å². The third-order valence-corrected chi connectivity index (χ3v) is 3.30. The lowest BCUT2D eigenvalue weighted by molar-refractivity contribution is 0.0702. The third-order valence-electron chi connectivity index (χ3n) is 2.22. The number of nitrogens with one attached hydrogen (secondary N) is 1. The molecule has 0 aliphatic rings. The summed E-state index contributed by atoms with van der Waals surface area (Å²) in [6, 6.07) is 3.53. The Bertz CT molecular complexity index is 352. The molecule has 0 radical (unpaired) electrons. The van der Waals surface area contributed by atoms with E-state index in [0.29, 0.717) is 10.3 Å². The van der Waals surface area contributed by atoms with Crippen LogP contribution in [0.25, 0.3) is 0 Å². The van der Waals surface area contributed by atoms with Gasteiger partial charge in [-0.05, 0) is 30.5 Å². The second-order valence-corrected chi connectivity index (χ2v) is 6.23. The second kappa shape index (κ2) is 5.46. The van der Waals surface area contributed by atoms with Crippen molar-refractivity contribution < 1.29 is 9.90 Å². The minimum absolute atomic E-state index is 0.342. The van der Waals surface area contributed by atoms with Crippen LogP contribution in [0.5, 0.6) is 0 Å². The van der Waals surface area contributed by atoms with E-state index in [0.717, 1.165) is 24.4 Å². The van der Waals surface area contributed by atoms with Gasteiger partial charge in [-0.2, -0.15) is 0 Å². The second-order valence-electron chi connectivity index (χ2n) is 5.06. The van der Waals surface area contributed by atoms with E-state index in [2.05, 4.69) is 26.1 Å². The van der Waals surface area contributed by atoms with Crippen molar-refractivity contribution in [1.29, 1.82) is 0 Å². The minimum Gasteiger partial charge on any atom is -0.477 e. The van der Waals surface area contributed by atoms with Crippen molar-refractivity contribution in [2.24, 2.45) is 5.41 Å². The Hall–Kier alpha value is -0.870. The number of carboxylic acid groups (broad SMARTS) is 1. The molecule has 3 nitrogen and oxygen atoms in total. The quantitative estimate of drug-likeness (QED) is 0.779. The monoisotopic (exact) mass is 241 g/mol. The molecule has 2 N–H and O–H groups in total. The van der Waals surface area contributed by atoms with Gasteiger partial charge in [0.05, 0.1) is 0 Å². The molecule has 1 aromatic rings. The Kier molecular flexibility index (Phi) is 4.50. The number of carboxylic acids is 1. The zero-order valence-corrected chi connectivity index (χ0v) is 10.9. The maximum absolute atomic E-state index is 10.7. The highest BCUT2D eigenvalue weighted by atomic mass is 32.1. The maximum Gasteiger partial charge on any atom is 0.345 e. The van der Waals surface area contributed by atoms with Gasteiger partial charge in [0, 0.05) is 11.4 Å². The van der Waals surface area contributed by atoms with E-state index in [9.17, 15) is 4.79 Å². The van der Waals surface area contributed by atoms with Gasteiger partial charge in [0.25, 0.3) is 0 Å². The number of rotatable bonds is 5. The number of hydrogen-bond donors (Lipinski definition) is 2. The molecule has 0 saturated heterocycles. The fraction of sp³-hybridized carbons (Fsp3) is 0.583. The van der Waals surface area contributed by atoms with Crippen molar-refractivity contribution in [2.75, 3.05) is 6.54 Å². The van der Waals surface area contributed by atoms with Crippen LogP contribution in [0.4, 0.5) is 0 Å². The lowest BCUT2D eigenvalue weighted by Crippen LogP contribution is -2.19. The molecule has 0 amide bonds. The SMILES string of the molecule is CC(C)(C)CCNCc1ccc(C(=O)O)s1. The summed E-state index contributed by atoms with van der Waals surface area (Å²) in [6.07, 6.45) is 1.12. The largest absolute Gasteiger partial charge is 0.477 e. The van der Waals surface area contributed by atoms with E-state index in [1.165, 1.54) is 11.3 Å². The predicted molar refractivity (Wildman–Crippen MR) is 67.1 cm³/mol. The van der Waals surface area contributed by atoms with Crippen LogP contribution in [0.3, 0.4) is 0 Å². The fourth-order valence-corrected chi connectivity index (χ4v) is 2.08. The van der Waals surface area contributed by atoms with Crippen LogP contribution in [0.15, 0.2) is 12.1 Å².